The van der Waals surface area contributed by atoms with Gasteiger partial charge in [0.05, 0.1) is 0 Å². The maximum Gasteiger partial charge on any atom is 0.219 e. The molecular weight excluding hydrogens is 204 g/mol. The fourth-order valence-corrected chi connectivity index (χ4v) is 2.44. The molecule has 1 amide bonds. The van der Waals surface area contributed by atoms with Crippen LogP contribution in [0.1, 0.15) is 37.5 Å². The van der Waals surface area contributed by atoms with Crippen LogP contribution in [0.15, 0.2) is 0 Å². The van der Waals surface area contributed by atoms with Gasteiger partial charge in [0.15, 0.2) is 0 Å². The van der Waals surface area contributed by atoms with Crippen molar-refractivity contribution in [2.24, 2.45) is 0 Å². The Morgan fingerprint density at radius 1 is 1.19 bits per heavy atom. The van der Waals surface area contributed by atoms with E-state index in [4.69, 9.17) is 0 Å². The summed E-state index contributed by atoms with van der Waals surface area (Å²) in [5, 5.41) is 8.16. The molecule has 0 aliphatic carbocycles. The summed E-state index contributed by atoms with van der Waals surface area (Å²) >= 11 is 0. The number of amides is 1. The molecule has 1 aromatic heterocycles. The van der Waals surface area contributed by atoms with Crippen molar-refractivity contribution >= 4 is 5.91 Å². The summed E-state index contributed by atoms with van der Waals surface area (Å²) in [6.07, 6.45) is 2.00. The average Bonchev–Trinajstić information content (AvgIpc) is 2.59. The van der Waals surface area contributed by atoms with Crippen LogP contribution >= 0.6 is 0 Å². The molecule has 0 radical (unpaired) electrons. The number of hydrogen-bond acceptors (Lipinski definition) is 3. The zero-order chi connectivity index (χ0) is 11.7. The predicted octanol–water partition coefficient (Wildman–Crippen LogP) is 1.08. The van der Waals surface area contributed by atoms with Crippen molar-refractivity contribution in [3.63, 3.8) is 0 Å². The Hall–Kier alpha value is -1.39. The second kappa shape index (κ2) is 4.23. The molecule has 0 atom stereocenters. The normalized spacial score (nSPS) is 17.8. The maximum absolute atomic E-state index is 11.2. The number of piperidine rings is 1. The standard InChI is InChI=1S/C11H18N4O/c1-8-12-13-9(2)15(8)11-4-6-14(7-5-11)10(3)16/h11H,4-7H2,1-3H3. The van der Waals surface area contributed by atoms with Gasteiger partial charge in [0.1, 0.15) is 11.6 Å². The van der Waals surface area contributed by atoms with Crippen LogP contribution in [-0.2, 0) is 4.79 Å². The van der Waals surface area contributed by atoms with Crippen molar-refractivity contribution in [2.45, 2.75) is 39.7 Å². The highest BCUT2D eigenvalue weighted by atomic mass is 16.2. The zero-order valence-corrected chi connectivity index (χ0v) is 10.1. The van der Waals surface area contributed by atoms with Gasteiger partial charge in [-0.05, 0) is 26.7 Å². The van der Waals surface area contributed by atoms with Gasteiger partial charge in [-0.15, -0.1) is 10.2 Å². The summed E-state index contributed by atoms with van der Waals surface area (Å²) in [5.74, 6) is 2.12. The molecule has 1 fully saturated rings. The highest BCUT2D eigenvalue weighted by Gasteiger charge is 2.24. The van der Waals surface area contributed by atoms with Gasteiger partial charge in [-0.25, -0.2) is 0 Å². The highest BCUT2D eigenvalue weighted by molar-refractivity contribution is 5.73. The Morgan fingerprint density at radius 3 is 2.12 bits per heavy atom. The Morgan fingerprint density at radius 2 is 1.69 bits per heavy atom. The van der Waals surface area contributed by atoms with E-state index < -0.39 is 0 Å². The molecule has 2 heterocycles. The van der Waals surface area contributed by atoms with Gasteiger partial charge in [0.25, 0.3) is 0 Å². The maximum atomic E-state index is 11.2. The van der Waals surface area contributed by atoms with E-state index in [1.54, 1.807) is 6.92 Å². The van der Waals surface area contributed by atoms with E-state index in [1.807, 2.05) is 18.7 Å². The Balaban J connectivity index is 2.07. The van der Waals surface area contributed by atoms with E-state index in [0.717, 1.165) is 37.6 Å². The minimum absolute atomic E-state index is 0.177. The van der Waals surface area contributed by atoms with Crippen LogP contribution in [0.2, 0.25) is 0 Å². The van der Waals surface area contributed by atoms with E-state index in [0.29, 0.717) is 6.04 Å². The zero-order valence-electron chi connectivity index (χ0n) is 10.1. The monoisotopic (exact) mass is 222 g/mol. The van der Waals surface area contributed by atoms with Crippen LogP contribution < -0.4 is 0 Å². The quantitative estimate of drug-likeness (QED) is 0.714. The van der Waals surface area contributed by atoms with Crippen LogP contribution in [0.5, 0.6) is 0 Å². The van der Waals surface area contributed by atoms with Crippen molar-refractivity contribution in [1.82, 2.24) is 19.7 Å². The molecule has 0 spiro atoms. The molecule has 1 aliphatic heterocycles. The van der Waals surface area contributed by atoms with Crippen LogP contribution in [-0.4, -0.2) is 38.7 Å². The number of hydrogen-bond donors (Lipinski definition) is 0. The molecule has 0 N–H and O–H groups in total. The van der Waals surface area contributed by atoms with Crippen LogP contribution in [0.25, 0.3) is 0 Å². The minimum Gasteiger partial charge on any atom is -0.343 e. The van der Waals surface area contributed by atoms with Crippen LogP contribution in [0, 0.1) is 13.8 Å². The van der Waals surface area contributed by atoms with Crippen LogP contribution in [0.3, 0.4) is 0 Å². The molecule has 1 saturated heterocycles. The summed E-state index contributed by atoms with van der Waals surface area (Å²) in [6.45, 7) is 7.29. The summed E-state index contributed by atoms with van der Waals surface area (Å²) in [6, 6.07) is 0.450. The van der Waals surface area contributed by atoms with Gasteiger partial charge in [-0.1, -0.05) is 0 Å². The number of likely N-dealkylation sites (tertiary alicyclic amines) is 1. The third kappa shape index (κ3) is 1.94. The second-order valence-electron chi connectivity index (χ2n) is 4.40. The molecule has 1 aliphatic rings. The minimum atomic E-state index is 0.177. The van der Waals surface area contributed by atoms with Gasteiger partial charge in [0, 0.05) is 26.1 Å². The first kappa shape index (κ1) is 11.1. The first-order chi connectivity index (χ1) is 7.59. The third-order valence-corrected chi connectivity index (χ3v) is 3.31. The lowest BCUT2D eigenvalue weighted by molar-refractivity contribution is -0.130. The molecule has 88 valence electrons. The molecular formula is C11H18N4O. The fourth-order valence-electron chi connectivity index (χ4n) is 2.44. The lowest BCUT2D eigenvalue weighted by Gasteiger charge is -2.32. The van der Waals surface area contributed by atoms with E-state index >= 15 is 0 Å². The lowest BCUT2D eigenvalue weighted by atomic mass is 10.0. The van der Waals surface area contributed by atoms with Crippen molar-refractivity contribution in [3.8, 4) is 0 Å². The number of carbonyl (C=O) groups excluding carboxylic acids is 1. The van der Waals surface area contributed by atoms with Gasteiger partial charge in [0.2, 0.25) is 5.91 Å². The number of rotatable bonds is 1. The lowest BCUT2D eigenvalue weighted by Crippen LogP contribution is -2.38. The molecule has 0 saturated carbocycles. The topological polar surface area (TPSA) is 51.0 Å². The van der Waals surface area contributed by atoms with Gasteiger partial charge < -0.3 is 9.47 Å². The van der Waals surface area contributed by atoms with E-state index in [9.17, 15) is 4.79 Å². The molecule has 0 bridgehead atoms. The van der Waals surface area contributed by atoms with E-state index in [-0.39, 0.29) is 5.91 Å². The Bertz CT molecular complexity index is 371. The average molecular weight is 222 g/mol. The molecule has 0 unspecified atom stereocenters. The second-order valence-corrected chi connectivity index (χ2v) is 4.40. The highest BCUT2D eigenvalue weighted by Crippen LogP contribution is 2.24. The van der Waals surface area contributed by atoms with Crippen molar-refractivity contribution < 1.29 is 4.79 Å². The molecule has 2 rings (SSSR count). The summed E-state index contributed by atoms with van der Waals surface area (Å²) in [7, 11) is 0. The molecule has 5 heteroatoms. The van der Waals surface area contributed by atoms with E-state index in [2.05, 4.69) is 14.8 Å². The smallest absolute Gasteiger partial charge is 0.219 e. The largest absolute Gasteiger partial charge is 0.343 e. The summed E-state index contributed by atoms with van der Waals surface area (Å²) < 4.78 is 2.19. The predicted molar refractivity (Wildman–Crippen MR) is 60.0 cm³/mol. The van der Waals surface area contributed by atoms with Gasteiger partial charge >= 0.3 is 0 Å². The SMILES string of the molecule is CC(=O)N1CCC(n2c(C)nnc2C)CC1. The number of nitrogens with zero attached hydrogens (tertiary/aromatic N) is 4. The van der Waals surface area contributed by atoms with Gasteiger partial charge in [-0.3, -0.25) is 4.79 Å². The van der Waals surface area contributed by atoms with Crippen LogP contribution in [0.4, 0.5) is 0 Å². The molecule has 0 aromatic carbocycles. The Labute approximate surface area is 95.5 Å². The summed E-state index contributed by atoms with van der Waals surface area (Å²) in [5.41, 5.74) is 0. The van der Waals surface area contributed by atoms with Crippen molar-refractivity contribution in [3.05, 3.63) is 11.6 Å². The third-order valence-electron chi connectivity index (χ3n) is 3.31. The fraction of sp³-hybridized carbons (Fsp3) is 0.727. The number of aryl methyl sites for hydroxylation is 2. The Kier molecular flexibility index (Phi) is 2.94. The van der Waals surface area contributed by atoms with Crippen molar-refractivity contribution in [1.29, 1.82) is 0 Å². The van der Waals surface area contributed by atoms with E-state index in [1.165, 1.54) is 0 Å². The molecule has 5 nitrogen and oxygen atoms in total. The number of aromatic nitrogens is 3. The molecule has 16 heavy (non-hydrogen) atoms. The number of carbonyl (C=O) groups is 1. The summed E-state index contributed by atoms with van der Waals surface area (Å²) in [4.78, 5) is 13.1. The van der Waals surface area contributed by atoms with Gasteiger partial charge in [-0.2, -0.15) is 0 Å². The van der Waals surface area contributed by atoms with Crippen molar-refractivity contribution in [2.75, 3.05) is 13.1 Å². The first-order valence-electron chi connectivity index (χ1n) is 5.73. The first-order valence-corrected chi connectivity index (χ1v) is 5.73. The molecule has 1 aromatic rings.